The van der Waals surface area contributed by atoms with E-state index in [1.807, 2.05) is 0 Å². The van der Waals surface area contributed by atoms with Crippen molar-refractivity contribution in [1.82, 2.24) is 0 Å². The van der Waals surface area contributed by atoms with E-state index in [-0.39, 0.29) is 10.8 Å². The summed E-state index contributed by atoms with van der Waals surface area (Å²) in [6, 6.07) is 22.9. The molecule has 0 nitrogen and oxygen atoms in total. The average molecular weight is 381 g/mol. The van der Waals surface area contributed by atoms with Gasteiger partial charge in [-0.2, -0.15) is 0 Å². The lowest BCUT2D eigenvalue weighted by Gasteiger charge is -2.20. The molecule has 0 aliphatic heterocycles. The van der Waals surface area contributed by atoms with Crippen LogP contribution in [0.25, 0.3) is 28.3 Å². The summed E-state index contributed by atoms with van der Waals surface area (Å²) < 4.78 is 0. The summed E-state index contributed by atoms with van der Waals surface area (Å²) in [6.07, 6.45) is 5.61. The van der Waals surface area contributed by atoms with E-state index in [1.165, 1.54) is 44.5 Å². The third-order valence-electron chi connectivity index (χ3n) is 6.09. The van der Waals surface area contributed by atoms with Gasteiger partial charge >= 0.3 is 0 Å². The highest BCUT2D eigenvalue weighted by atomic mass is 14.2. The maximum Gasteiger partial charge on any atom is -0.00818 e. The largest absolute Gasteiger partial charge is 0.0795 e. The molecule has 29 heavy (non-hydrogen) atoms. The van der Waals surface area contributed by atoms with Crippen molar-refractivity contribution in [2.75, 3.05) is 0 Å². The van der Waals surface area contributed by atoms with Crippen LogP contribution in [0, 0.1) is 0 Å². The Kier molecular flexibility index (Phi) is 4.77. The van der Waals surface area contributed by atoms with Gasteiger partial charge in [0.25, 0.3) is 0 Å². The standard InChI is InChI=1S/C29H32/c1-28(2,3)22-14-10-20(11-15-22)24-18-19-25(27-9-7-8-26(24)27)21-12-16-23(17-13-21)29(4,5)6/h7-8,10-19H,9H2,1-6H3. The van der Waals surface area contributed by atoms with Crippen molar-refractivity contribution >= 4 is 6.08 Å². The number of allylic oxidation sites excluding steroid dienone is 1. The van der Waals surface area contributed by atoms with E-state index in [4.69, 9.17) is 0 Å². The van der Waals surface area contributed by atoms with Gasteiger partial charge in [-0.15, -0.1) is 0 Å². The summed E-state index contributed by atoms with van der Waals surface area (Å²) in [5.74, 6) is 0. The smallest absolute Gasteiger partial charge is 0.00818 e. The quantitative estimate of drug-likeness (QED) is 0.420. The molecular formula is C29H32. The zero-order chi connectivity index (χ0) is 20.8. The molecule has 1 aliphatic rings. The molecule has 0 atom stereocenters. The van der Waals surface area contributed by atoms with Gasteiger partial charge in [0.05, 0.1) is 0 Å². The molecule has 0 bridgehead atoms. The average Bonchev–Trinajstić information content (AvgIpc) is 3.16. The fourth-order valence-electron chi connectivity index (χ4n) is 4.19. The fraction of sp³-hybridized carbons (Fsp3) is 0.310. The molecule has 0 spiro atoms. The van der Waals surface area contributed by atoms with Crippen molar-refractivity contribution < 1.29 is 0 Å². The lowest BCUT2D eigenvalue weighted by molar-refractivity contribution is 0.590. The summed E-state index contributed by atoms with van der Waals surface area (Å²) in [7, 11) is 0. The summed E-state index contributed by atoms with van der Waals surface area (Å²) in [6.45, 7) is 13.6. The van der Waals surface area contributed by atoms with E-state index in [0.717, 1.165) is 6.42 Å². The van der Waals surface area contributed by atoms with Crippen LogP contribution < -0.4 is 0 Å². The van der Waals surface area contributed by atoms with E-state index in [9.17, 15) is 0 Å². The number of fused-ring (bicyclic) bond motifs is 1. The summed E-state index contributed by atoms with van der Waals surface area (Å²) >= 11 is 0. The number of benzene rings is 3. The van der Waals surface area contributed by atoms with Crippen molar-refractivity contribution in [2.45, 2.75) is 58.8 Å². The highest BCUT2D eigenvalue weighted by Crippen LogP contribution is 2.38. The summed E-state index contributed by atoms with van der Waals surface area (Å²) in [5.41, 5.74) is 11.3. The molecule has 0 unspecified atom stereocenters. The summed E-state index contributed by atoms with van der Waals surface area (Å²) in [5, 5.41) is 0. The van der Waals surface area contributed by atoms with Crippen molar-refractivity contribution in [3.05, 3.63) is 89.0 Å². The molecule has 0 heterocycles. The van der Waals surface area contributed by atoms with Gasteiger partial charge in [0, 0.05) is 0 Å². The lowest BCUT2D eigenvalue weighted by Crippen LogP contribution is -2.10. The molecular weight excluding hydrogens is 348 g/mol. The molecule has 4 rings (SSSR count). The Hall–Kier alpha value is -2.60. The number of hydrogen-bond acceptors (Lipinski definition) is 0. The van der Waals surface area contributed by atoms with Gasteiger partial charge < -0.3 is 0 Å². The Morgan fingerprint density at radius 2 is 1.00 bits per heavy atom. The van der Waals surface area contributed by atoms with Crippen LogP contribution in [0.1, 0.15) is 63.8 Å². The van der Waals surface area contributed by atoms with Crippen LogP contribution in [-0.2, 0) is 17.3 Å². The zero-order valence-electron chi connectivity index (χ0n) is 18.6. The first-order chi connectivity index (χ1) is 13.6. The molecule has 0 fully saturated rings. The highest BCUT2D eigenvalue weighted by molar-refractivity contribution is 5.86. The Labute approximate surface area is 176 Å². The normalized spacial score (nSPS) is 13.6. The maximum atomic E-state index is 2.31. The predicted molar refractivity (Wildman–Crippen MR) is 127 cm³/mol. The van der Waals surface area contributed by atoms with Gasteiger partial charge in [0.15, 0.2) is 0 Å². The van der Waals surface area contributed by atoms with E-state index in [2.05, 4.69) is 114 Å². The Morgan fingerprint density at radius 1 is 0.552 bits per heavy atom. The fourth-order valence-corrected chi connectivity index (χ4v) is 4.19. The predicted octanol–water partition coefficient (Wildman–Crippen LogP) is 8.18. The Balaban J connectivity index is 1.74. The molecule has 0 saturated carbocycles. The van der Waals surface area contributed by atoms with E-state index in [1.54, 1.807) is 0 Å². The molecule has 0 saturated heterocycles. The van der Waals surface area contributed by atoms with Crippen LogP contribution in [0.5, 0.6) is 0 Å². The van der Waals surface area contributed by atoms with Crippen LogP contribution in [0.2, 0.25) is 0 Å². The van der Waals surface area contributed by atoms with Crippen LogP contribution in [0.4, 0.5) is 0 Å². The van der Waals surface area contributed by atoms with Gasteiger partial charge in [0.2, 0.25) is 0 Å². The molecule has 0 heteroatoms. The first-order valence-corrected chi connectivity index (χ1v) is 10.7. The van der Waals surface area contributed by atoms with E-state index < -0.39 is 0 Å². The minimum atomic E-state index is 0.184. The second-order valence-electron chi connectivity index (χ2n) is 10.3. The van der Waals surface area contributed by atoms with Crippen LogP contribution >= 0.6 is 0 Å². The molecule has 0 N–H and O–H groups in total. The SMILES string of the molecule is CC(C)(C)c1ccc(-c2ccc(-c3ccc(C(C)(C)C)cc3)c3c2C=CC3)cc1. The van der Waals surface area contributed by atoms with Gasteiger partial charge in [-0.05, 0) is 61.8 Å². The molecule has 0 radical (unpaired) electrons. The minimum Gasteiger partial charge on any atom is -0.0795 e. The molecule has 1 aliphatic carbocycles. The van der Waals surface area contributed by atoms with Crippen molar-refractivity contribution in [3.63, 3.8) is 0 Å². The third-order valence-corrected chi connectivity index (χ3v) is 6.09. The van der Waals surface area contributed by atoms with Crippen molar-refractivity contribution in [3.8, 4) is 22.3 Å². The third kappa shape index (κ3) is 3.81. The number of hydrogen-bond donors (Lipinski definition) is 0. The van der Waals surface area contributed by atoms with E-state index in [0.29, 0.717) is 0 Å². The van der Waals surface area contributed by atoms with Crippen LogP contribution in [-0.4, -0.2) is 0 Å². The Bertz CT molecular complexity index is 1050. The minimum absolute atomic E-state index is 0.184. The monoisotopic (exact) mass is 380 g/mol. The molecule has 148 valence electrons. The van der Waals surface area contributed by atoms with E-state index >= 15 is 0 Å². The Morgan fingerprint density at radius 3 is 1.48 bits per heavy atom. The van der Waals surface area contributed by atoms with Crippen LogP contribution in [0.3, 0.4) is 0 Å². The molecule has 3 aromatic rings. The van der Waals surface area contributed by atoms with Crippen molar-refractivity contribution in [1.29, 1.82) is 0 Å². The second-order valence-corrected chi connectivity index (χ2v) is 10.3. The molecule has 3 aromatic carbocycles. The topological polar surface area (TPSA) is 0 Å². The molecule has 0 amide bonds. The number of rotatable bonds is 2. The second kappa shape index (κ2) is 7.02. The summed E-state index contributed by atoms with van der Waals surface area (Å²) in [4.78, 5) is 0. The zero-order valence-corrected chi connectivity index (χ0v) is 18.6. The van der Waals surface area contributed by atoms with Gasteiger partial charge in [-0.3, -0.25) is 0 Å². The first-order valence-electron chi connectivity index (χ1n) is 10.7. The highest BCUT2D eigenvalue weighted by Gasteiger charge is 2.19. The first kappa shape index (κ1) is 19.7. The van der Waals surface area contributed by atoms with Gasteiger partial charge in [-0.25, -0.2) is 0 Å². The lowest BCUT2D eigenvalue weighted by atomic mass is 9.84. The maximum absolute atomic E-state index is 2.31. The van der Waals surface area contributed by atoms with Crippen LogP contribution in [0.15, 0.2) is 66.7 Å². The molecule has 0 aromatic heterocycles. The van der Waals surface area contributed by atoms with Gasteiger partial charge in [-0.1, -0.05) is 114 Å². The van der Waals surface area contributed by atoms with Crippen molar-refractivity contribution in [2.24, 2.45) is 0 Å². The van der Waals surface area contributed by atoms with Gasteiger partial charge in [0.1, 0.15) is 0 Å².